The first-order chi connectivity index (χ1) is 7.21. The van der Waals surface area contributed by atoms with Gasteiger partial charge in [0.25, 0.3) is 0 Å². The normalized spacial score (nSPS) is 11.3. The Kier molecular flexibility index (Phi) is 2.46. The van der Waals surface area contributed by atoms with Gasteiger partial charge in [0.15, 0.2) is 5.67 Å². The quantitative estimate of drug-likeness (QED) is 0.748. The number of pyridine rings is 2. The van der Waals surface area contributed by atoms with E-state index in [-0.39, 0.29) is 0 Å². The molecule has 0 N–H and O–H groups in total. The highest BCUT2D eigenvalue weighted by Gasteiger charge is 2.30. The second-order valence-corrected chi connectivity index (χ2v) is 3.43. The summed E-state index contributed by atoms with van der Waals surface area (Å²) in [5, 5.41) is 0. The number of nitrogens with zero attached hydrogens (tertiary/aromatic N) is 2. The molecular weight excluding hydrogens is 191 g/mol. The summed E-state index contributed by atoms with van der Waals surface area (Å²) in [6.07, 6.45) is 3.16. The van der Waals surface area contributed by atoms with Crippen LogP contribution in [-0.4, -0.2) is 9.97 Å². The van der Waals surface area contributed by atoms with Gasteiger partial charge in [-0.1, -0.05) is 12.1 Å². The topological polar surface area (TPSA) is 25.8 Å². The maximum Gasteiger partial charge on any atom is 0.191 e. The van der Waals surface area contributed by atoms with E-state index in [2.05, 4.69) is 9.97 Å². The van der Waals surface area contributed by atoms with Crippen LogP contribution in [0.15, 0.2) is 48.8 Å². The van der Waals surface area contributed by atoms with Gasteiger partial charge >= 0.3 is 0 Å². The van der Waals surface area contributed by atoms with Gasteiger partial charge in [-0.3, -0.25) is 9.97 Å². The van der Waals surface area contributed by atoms with Crippen LogP contribution in [0.2, 0.25) is 0 Å². The van der Waals surface area contributed by atoms with Crippen LogP contribution in [-0.2, 0) is 5.67 Å². The predicted octanol–water partition coefficient (Wildman–Crippen LogP) is 2.71. The fourth-order valence-corrected chi connectivity index (χ4v) is 1.41. The van der Waals surface area contributed by atoms with Gasteiger partial charge < -0.3 is 0 Å². The average Bonchev–Trinajstić information content (AvgIpc) is 2.31. The molecule has 0 bridgehead atoms. The van der Waals surface area contributed by atoms with E-state index in [0.29, 0.717) is 11.4 Å². The summed E-state index contributed by atoms with van der Waals surface area (Å²) in [5.41, 5.74) is -0.880. The van der Waals surface area contributed by atoms with Crippen molar-refractivity contribution in [2.24, 2.45) is 0 Å². The van der Waals surface area contributed by atoms with Crippen molar-refractivity contribution in [2.45, 2.75) is 12.6 Å². The molecule has 0 saturated heterocycles. The van der Waals surface area contributed by atoms with E-state index in [1.807, 2.05) is 0 Å². The highest BCUT2D eigenvalue weighted by atomic mass is 19.1. The Morgan fingerprint density at radius 3 is 1.73 bits per heavy atom. The molecule has 0 aliphatic carbocycles. The molecule has 2 aromatic rings. The molecule has 2 heterocycles. The van der Waals surface area contributed by atoms with E-state index < -0.39 is 5.67 Å². The Bertz CT molecular complexity index is 384. The highest BCUT2D eigenvalue weighted by Crippen LogP contribution is 2.29. The molecule has 0 unspecified atom stereocenters. The fourth-order valence-electron chi connectivity index (χ4n) is 1.41. The number of hydrogen-bond donors (Lipinski definition) is 0. The SMILES string of the molecule is CC(F)(c1ccccn1)c1ccccn1. The molecule has 3 heteroatoms. The molecule has 2 aromatic heterocycles. The summed E-state index contributed by atoms with van der Waals surface area (Å²) in [6, 6.07) is 10.4. The summed E-state index contributed by atoms with van der Waals surface area (Å²) < 4.78 is 14.4. The Morgan fingerprint density at radius 1 is 0.933 bits per heavy atom. The zero-order valence-electron chi connectivity index (χ0n) is 8.39. The zero-order valence-corrected chi connectivity index (χ0v) is 8.39. The molecule has 2 rings (SSSR count). The van der Waals surface area contributed by atoms with E-state index >= 15 is 0 Å². The Labute approximate surface area is 87.8 Å². The molecule has 0 aliphatic heterocycles. The number of alkyl halides is 1. The van der Waals surface area contributed by atoms with Gasteiger partial charge in [-0.25, -0.2) is 4.39 Å². The zero-order chi connectivity index (χ0) is 10.7. The molecule has 76 valence electrons. The van der Waals surface area contributed by atoms with Crippen molar-refractivity contribution in [3.63, 3.8) is 0 Å². The third kappa shape index (κ3) is 1.86. The minimum Gasteiger partial charge on any atom is -0.257 e. The van der Waals surface area contributed by atoms with Crippen LogP contribution in [0.5, 0.6) is 0 Å². The molecule has 0 saturated carbocycles. The van der Waals surface area contributed by atoms with Crippen LogP contribution in [0.4, 0.5) is 4.39 Å². The fraction of sp³-hybridized carbons (Fsp3) is 0.167. The smallest absolute Gasteiger partial charge is 0.191 e. The summed E-state index contributed by atoms with van der Waals surface area (Å²) >= 11 is 0. The molecule has 0 amide bonds. The molecule has 15 heavy (non-hydrogen) atoms. The Balaban J connectivity index is 2.44. The van der Waals surface area contributed by atoms with Crippen LogP contribution in [0.1, 0.15) is 18.3 Å². The minimum absolute atomic E-state index is 0.378. The molecule has 0 aromatic carbocycles. The van der Waals surface area contributed by atoms with E-state index in [1.165, 1.54) is 6.92 Å². The maximum absolute atomic E-state index is 14.4. The second kappa shape index (κ2) is 3.77. The van der Waals surface area contributed by atoms with E-state index in [9.17, 15) is 4.39 Å². The first-order valence-electron chi connectivity index (χ1n) is 4.73. The summed E-state index contributed by atoms with van der Waals surface area (Å²) in [6.45, 7) is 1.47. The number of halogens is 1. The van der Waals surface area contributed by atoms with E-state index in [0.717, 1.165) is 0 Å². The predicted molar refractivity (Wildman–Crippen MR) is 56.0 cm³/mol. The number of hydrogen-bond acceptors (Lipinski definition) is 2. The van der Waals surface area contributed by atoms with Gasteiger partial charge in [-0.2, -0.15) is 0 Å². The first-order valence-corrected chi connectivity index (χ1v) is 4.73. The number of aromatic nitrogens is 2. The molecule has 0 radical (unpaired) electrons. The van der Waals surface area contributed by atoms with Crippen molar-refractivity contribution >= 4 is 0 Å². The lowest BCUT2D eigenvalue weighted by molar-refractivity contribution is 0.236. The Morgan fingerprint density at radius 2 is 1.40 bits per heavy atom. The third-order valence-corrected chi connectivity index (χ3v) is 2.29. The van der Waals surface area contributed by atoms with Gasteiger partial charge in [-0.05, 0) is 31.2 Å². The lowest BCUT2D eigenvalue weighted by Crippen LogP contribution is -2.19. The molecular formula is C12H11FN2. The molecule has 0 atom stereocenters. The van der Waals surface area contributed by atoms with Crippen molar-refractivity contribution in [1.29, 1.82) is 0 Å². The third-order valence-electron chi connectivity index (χ3n) is 2.29. The van der Waals surface area contributed by atoms with Crippen molar-refractivity contribution in [1.82, 2.24) is 9.97 Å². The molecule has 0 spiro atoms. The van der Waals surface area contributed by atoms with Crippen molar-refractivity contribution in [3.8, 4) is 0 Å². The van der Waals surface area contributed by atoms with Crippen molar-refractivity contribution in [2.75, 3.05) is 0 Å². The van der Waals surface area contributed by atoms with Crippen LogP contribution in [0.25, 0.3) is 0 Å². The number of rotatable bonds is 2. The van der Waals surface area contributed by atoms with E-state index in [1.54, 1.807) is 48.8 Å². The summed E-state index contributed by atoms with van der Waals surface area (Å²) in [7, 11) is 0. The average molecular weight is 202 g/mol. The second-order valence-electron chi connectivity index (χ2n) is 3.43. The largest absolute Gasteiger partial charge is 0.257 e. The molecule has 0 fully saturated rings. The molecule has 2 nitrogen and oxygen atoms in total. The summed E-state index contributed by atoms with van der Waals surface area (Å²) in [4.78, 5) is 8.02. The first kappa shape index (κ1) is 9.77. The van der Waals surface area contributed by atoms with Crippen LogP contribution >= 0.6 is 0 Å². The maximum atomic E-state index is 14.4. The van der Waals surface area contributed by atoms with Crippen LogP contribution < -0.4 is 0 Å². The lowest BCUT2D eigenvalue weighted by Gasteiger charge is -2.18. The monoisotopic (exact) mass is 202 g/mol. The Hall–Kier alpha value is -1.77. The van der Waals surface area contributed by atoms with Crippen LogP contribution in [0, 0.1) is 0 Å². The minimum atomic E-state index is -1.64. The van der Waals surface area contributed by atoms with Gasteiger partial charge in [0, 0.05) is 12.4 Å². The van der Waals surface area contributed by atoms with Gasteiger partial charge in [0.1, 0.15) is 0 Å². The van der Waals surface area contributed by atoms with Gasteiger partial charge in [0.2, 0.25) is 0 Å². The van der Waals surface area contributed by atoms with Crippen molar-refractivity contribution in [3.05, 3.63) is 60.2 Å². The van der Waals surface area contributed by atoms with Gasteiger partial charge in [0.05, 0.1) is 11.4 Å². The van der Waals surface area contributed by atoms with Gasteiger partial charge in [-0.15, -0.1) is 0 Å². The van der Waals surface area contributed by atoms with E-state index in [4.69, 9.17) is 0 Å². The molecule has 0 aliphatic rings. The lowest BCUT2D eigenvalue weighted by atomic mass is 9.99. The summed E-state index contributed by atoms with van der Waals surface area (Å²) in [5.74, 6) is 0. The van der Waals surface area contributed by atoms with Crippen LogP contribution in [0.3, 0.4) is 0 Å². The standard InChI is InChI=1S/C12H11FN2/c1-12(13,10-6-2-4-8-14-10)11-7-3-5-9-15-11/h2-9H,1H3. The highest BCUT2D eigenvalue weighted by molar-refractivity contribution is 5.25. The van der Waals surface area contributed by atoms with Crippen molar-refractivity contribution < 1.29 is 4.39 Å².